The number of carbonyl (C=O) groups excluding carboxylic acids is 2. The highest BCUT2D eigenvalue weighted by molar-refractivity contribution is 6.03. The summed E-state index contributed by atoms with van der Waals surface area (Å²) in [5.41, 5.74) is -1.16. The zero-order valence-corrected chi connectivity index (χ0v) is 20.3. The number of urea groups is 1. The van der Waals surface area contributed by atoms with Gasteiger partial charge in [-0.3, -0.25) is 4.79 Å². The van der Waals surface area contributed by atoms with Gasteiger partial charge in [-0.1, -0.05) is 39.3 Å². The van der Waals surface area contributed by atoms with E-state index in [-0.39, 0.29) is 5.56 Å². The van der Waals surface area contributed by atoms with Crippen LogP contribution < -0.4 is 10.1 Å². The number of nitrogens with one attached hydrogen (secondary N) is 1. The molecule has 36 heavy (non-hydrogen) atoms. The van der Waals surface area contributed by atoms with Crippen molar-refractivity contribution in [3.8, 4) is 5.75 Å². The number of ether oxygens (including phenoxy) is 1. The molecule has 2 aromatic carbocycles. The lowest BCUT2D eigenvalue weighted by atomic mass is 9.72. The summed E-state index contributed by atoms with van der Waals surface area (Å²) in [4.78, 5) is 38.5. The third kappa shape index (κ3) is 5.17. The number of likely N-dealkylation sites (tertiary alicyclic amines) is 1. The summed E-state index contributed by atoms with van der Waals surface area (Å²) in [5, 5.41) is 11.9. The highest BCUT2D eigenvalue weighted by Gasteiger charge is 2.63. The van der Waals surface area contributed by atoms with E-state index in [0.29, 0.717) is 37.0 Å². The van der Waals surface area contributed by atoms with Crippen LogP contribution in [-0.2, 0) is 11.0 Å². The van der Waals surface area contributed by atoms with Crippen LogP contribution in [0.25, 0.3) is 0 Å². The van der Waals surface area contributed by atoms with Crippen LogP contribution in [0.2, 0.25) is 0 Å². The van der Waals surface area contributed by atoms with Crippen LogP contribution in [0, 0.1) is 5.41 Å². The lowest BCUT2D eigenvalue weighted by molar-refractivity contribution is -0.191. The minimum atomic E-state index is -4.47. The number of hydrogen-bond acceptors (Lipinski definition) is 4. The summed E-state index contributed by atoms with van der Waals surface area (Å²) < 4.78 is 44.9. The number of aromatic carboxylic acids is 1. The maximum atomic E-state index is 13.2. The summed E-state index contributed by atoms with van der Waals surface area (Å²) in [6.07, 6.45) is -3.46. The van der Waals surface area contributed by atoms with Gasteiger partial charge in [0.05, 0.1) is 17.2 Å². The number of hydrogen-bond donors (Lipinski definition) is 2. The number of carboxylic acids is 1. The Hall–Kier alpha value is -3.56. The minimum Gasteiger partial charge on any atom is -0.478 e. The van der Waals surface area contributed by atoms with E-state index in [1.807, 2.05) is 20.8 Å². The molecule has 1 fully saturated rings. The molecule has 0 aromatic heterocycles. The lowest BCUT2D eigenvalue weighted by Gasteiger charge is -2.53. The predicted molar refractivity (Wildman–Crippen MR) is 125 cm³/mol. The van der Waals surface area contributed by atoms with Crippen molar-refractivity contribution in [3.05, 3.63) is 65.2 Å². The fourth-order valence-corrected chi connectivity index (χ4v) is 4.44. The van der Waals surface area contributed by atoms with Gasteiger partial charge in [-0.2, -0.15) is 13.2 Å². The van der Waals surface area contributed by atoms with Gasteiger partial charge >= 0.3 is 18.2 Å². The van der Waals surface area contributed by atoms with Gasteiger partial charge in [0.25, 0.3) is 0 Å². The Kier molecular flexibility index (Phi) is 7.96. The molecule has 3 amide bonds. The molecule has 0 aliphatic carbocycles. The average molecular weight is 507 g/mol. The minimum absolute atomic E-state index is 0.0674. The van der Waals surface area contributed by atoms with Gasteiger partial charge < -0.3 is 15.2 Å². The largest absolute Gasteiger partial charge is 0.478 e. The lowest BCUT2D eigenvalue weighted by Crippen LogP contribution is -2.73. The van der Waals surface area contributed by atoms with Crippen molar-refractivity contribution in [2.75, 3.05) is 0 Å². The van der Waals surface area contributed by atoms with Crippen molar-refractivity contribution in [3.63, 3.8) is 0 Å². The van der Waals surface area contributed by atoms with E-state index >= 15 is 0 Å². The van der Waals surface area contributed by atoms with E-state index in [2.05, 4.69) is 5.32 Å². The van der Waals surface area contributed by atoms with Crippen molar-refractivity contribution in [1.29, 1.82) is 0 Å². The normalized spacial score (nSPS) is 17.8. The van der Waals surface area contributed by atoms with Gasteiger partial charge in [-0.15, -0.1) is 0 Å². The van der Waals surface area contributed by atoms with Crippen molar-refractivity contribution >= 4 is 17.9 Å². The molecule has 1 aliphatic rings. The number of amides is 3. The van der Waals surface area contributed by atoms with Crippen LogP contribution in [-0.4, -0.2) is 34.1 Å². The monoisotopic (exact) mass is 506 g/mol. The number of carbonyl (C=O) groups is 3. The Morgan fingerprint density at radius 1 is 1.06 bits per heavy atom. The molecule has 3 rings (SSSR count). The number of carboxylic acid groups (broad SMARTS) is 1. The van der Waals surface area contributed by atoms with E-state index in [1.165, 1.54) is 36.4 Å². The first-order valence-electron chi connectivity index (χ1n) is 11.8. The number of alkyl halides is 3. The Morgan fingerprint density at radius 3 is 2.11 bits per heavy atom. The predicted octanol–water partition coefficient (Wildman–Crippen LogP) is 6.01. The van der Waals surface area contributed by atoms with Gasteiger partial charge in [0.1, 0.15) is 11.2 Å². The second-order valence-electron chi connectivity index (χ2n) is 8.75. The van der Waals surface area contributed by atoms with Crippen LogP contribution >= 0.6 is 0 Å². The second kappa shape index (κ2) is 10.6. The van der Waals surface area contributed by atoms with E-state index < -0.39 is 47.3 Å². The third-order valence-electron chi connectivity index (χ3n) is 6.70. The maximum Gasteiger partial charge on any atom is 0.416 e. The van der Waals surface area contributed by atoms with Gasteiger partial charge in [0, 0.05) is 0 Å². The Labute approximate surface area is 207 Å². The summed E-state index contributed by atoms with van der Waals surface area (Å²) in [5.74, 6) is -1.20. The van der Waals surface area contributed by atoms with Crippen molar-refractivity contribution in [2.24, 2.45) is 5.41 Å². The third-order valence-corrected chi connectivity index (χ3v) is 6.70. The van der Waals surface area contributed by atoms with Crippen molar-refractivity contribution in [2.45, 2.75) is 64.9 Å². The maximum absolute atomic E-state index is 13.2. The molecule has 1 saturated heterocycles. The van der Waals surface area contributed by atoms with Gasteiger partial charge in [-0.25, -0.2) is 14.5 Å². The molecule has 2 N–H and O–H groups in total. The molecule has 2 aromatic rings. The molecule has 10 heteroatoms. The number of benzene rings is 2. The molecule has 0 bridgehead atoms. The Balaban J connectivity index is 1.83. The van der Waals surface area contributed by atoms with Crippen LogP contribution in [0.5, 0.6) is 5.75 Å². The quantitative estimate of drug-likeness (QED) is 0.406. The number of β-lactam (4-membered cyclic amide) rings is 1. The topological polar surface area (TPSA) is 95.9 Å². The van der Waals surface area contributed by atoms with Gasteiger partial charge in [0.2, 0.25) is 5.91 Å². The summed E-state index contributed by atoms with van der Waals surface area (Å²) >= 11 is 0. The number of nitrogens with zero attached hydrogens (tertiary/aromatic N) is 1. The first-order valence-corrected chi connectivity index (χ1v) is 11.8. The van der Waals surface area contributed by atoms with Crippen LogP contribution in [0.1, 0.15) is 74.0 Å². The summed E-state index contributed by atoms with van der Waals surface area (Å²) in [7, 11) is 0. The molecular weight excluding hydrogens is 477 g/mol. The number of rotatable bonds is 9. The van der Waals surface area contributed by atoms with Crippen LogP contribution in [0.4, 0.5) is 18.0 Å². The number of halogens is 3. The smallest absolute Gasteiger partial charge is 0.416 e. The zero-order valence-electron chi connectivity index (χ0n) is 20.3. The molecule has 194 valence electrons. The number of imide groups is 1. The molecular formula is C26H29F3N2O5. The SMILES string of the molecule is CCC[C@@H](NC(=O)N1C(=O)C(CC)(CC)[C@@H]1Oc1ccc(C(=O)O)cc1)c1ccc(C(F)(F)F)cc1. The second-order valence-corrected chi connectivity index (χ2v) is 8.75. The molecule has 0 radical (unpaired) electrons. The van der Waals surface area contributed by atoms with Crippen LogP contribution in [0.15, 0.2) is 48.5 Å². The summed E-state index contributed by atoms with van der Waals surface area (Å²) in [6.45, 7) is 5.52. The Morgan fingerprint density at radius 2 is 1.64 bits per heavy atom. The van der Waals surface area contributed by atoms with Crippen molar-refractivity contribution in [1.82, 2.24) is 10.2 Å². The van der Waals surface area contributed by atoms with E-state index in [4.69, 9.17) is 9.84 Å². The molecule has 7 nitrogen and oxygen atoms in total. The average Bonchev–Trinajstić information content (AvgIpc) is 2.84. The fraction of sp³-hybridized carbons (Fsp3) is 0.423. The first-order chi connectivity index (χ1) is 17.0. The van der Waals surface area contributed by atoms with E-state index in [9.17, 15) is 27.6 Å². The van der Waals surface area contributed by atoms with E-state index in [1.54, 1.807) is 0 Å². The molecule has 2 atom stereocenters. The summed E-state index contributed by atoms with van der Waals surface area (Å²) in [6, 6.07) is 8.91. The molecule has 0 saturated carbocycles. The van der Waals surface area contributed by atoms with Gasteiger partial charge in [0.15, 0.2) is 6.23 Å². The standard InChI is InChI=1S/C26H29F3N2O5/c1-4-7-20(16-8-12-18(13-9-16)26(27,28)29)30-24(35)31-22(34)25(5-2,6-3)23(31)36-19-14-10-17(11-15-19)21(32)33/h8-15,20,23H,4-7H2,1-3H3,(H,30,35)(H,32,33)/t20-,23+/m1/s1. The molecule has 1 aliphatic heterocycles. The molecule has 0 unspecified atom stereocenters. The zero-order chi connectivity index (χ0) is 26.7. The van der Waals surface area contributed by atoms with Crippen molar-refractivity contribution < 1.29 is 37.4 Å². The molecule has 1 heterocycles. The molecule has 0 spiro atoms. The van der Waals surface area contributed by atoms with Crippen LogP contribution in [0.3, 0.4) is 0 Å². The first kappa shape index (κ1) is 27.0. The van der Waals surface area contributed by atoms with Gasteiger partial charge in [-0.05, 0) is 61.2 Å². The highest BCUT2D eigenvalue weighted by Crippen LogP contribution is 2.46. The van der Waals surface area contributed by atoms with E-state index in [0.717, 1.165) is 17.0 Å². The Bertz CT molecular complexity index is 1100. The highest BCUT2D eigenvalue weighted by atomic mass is 19.4. The fourth-order valence-electron chi connectivity index (χ4n) is 4.44.